The van der Waals surface area contributed by atoms with Crippen molar-refractivity contribution in [3.63, 3.8) is 0 Å². The van der Waals surface area contributed by atoms with Gasteiger partial charge >= 0.3 is 0 Å². The lowest BCUT2D eigenvalue weighted by Crippen LogP contribution is -2.64. The Hall–Kier alpha value is -0.120. The van der Waals surface area contributed by atoms with Crippen molar-refractivity contribution in [3.8, 4) is 0 Å². The molecule has 1 unspecified atom stereocenters. The van der Waals surface area contributed by atoms with E-state index in [1.165, 1.54) is 25.8 Å². The third-order valence-electron chi connectivity index (χ3n) is 4.72. The van der Waals surface area contributed by atoms with Crippen molar-refractivity contribution >= 4 is 0 Å². The summed E-state index contributed by atoms with van der Waals surface area (Å²) in [6.45, 7) is 17.7. The van der Waals surface area contributed by atoms with Crippen molar-refractivity contribution < 1.29 is 4.74 Å². The van der Waals surface area contributed by atoms with E-state index < -0.39 is 0 Å². The first-order chi connectivity index (χ1) is 9.43. The molecular weight excluding hydrogens is 248 g/mol. The van der Waals surface area contributed by atoms with E-state index in [-0.39, 0.29) is 0 Å². The van der Waals surface area contributed by atoms with Crippen molar-refractivity contribution in [2.75, 3.05) is 26.2 Å². The summed E-state index contributed by atoms with van der Waals surface area (Å²) in [5.41, 5.74) is 0.327. The average molecular weight is 284 g/mol. The van der Waals surface area contributed by atoms with Crippen LogP contribution in [0, 0.1) is 5.92 Å². The molecule has 1 N–H and O–H groups in total. The Labute approximate surface area is 126 Å². The van der Waals surface area contributed by atoms with E-state index in [9.17, 15) is 0 Å². The van der Waals surface area contributed by atoms with Gasteiger partial charge in [-0.15, -0.1) is 0 Å². The third kappa shape index (κ3) is 5.01. The number of hydrogen-bond donors (Lipinski definition) is 1. The molecule has 0 saturated carbocycles. The zero-order valence-electron chi connectivity index (χ0n) is 14.5. The molecule has 0 amide bonds. The summed E-state index contributed by atoms with van der Waals surface area (Å²) in [5.74, 6) is 0.761. The fraction of sp³-hybridized carbons (Fsp3) is 1.00. The van der Waals surface area contributed by atoms with Crippen LogP contribution in [0.1, 0.15) is 60.8 Å². The molecule has 3 heteroatoms. The van der Waals surface area contributed by atoms with Crippen LogP contribution < -0.4 is 5.32 Å². The summed E-state index contributed by atoms with van der Waals surface area (Å²) in [6, 6.07) is 0.639. The van der Waals surface area contributed by atoms with Crippen molar-refractivity contribution in [2.24, 2.45) is 5.92 Å². The molecule has 1 fully saturated rings. The number of hydrogen-bond acceptors (Lipinski definition) is 3. The van der Waals surface area contributed by atoms with Gasteiger partial charge in [0.05, 0.1) is 12.7 Å². The van der Waals surface area contributed by atoms with Crippen molar-refractivity contribution in [2.45, 2.75) is 78.5 Å². The smallest absolute Gasteiger partial charge is 0.0597 e. The summed E-state index contributed by atoms with van der Waals surface area (Å²) in [4.78, 5) is 2.69. The first kappa shape index (κ1) is 17.9. The first-order valence-corrected chi connectivity index (χ1v) is 8.53. The highest BCUT2D eigenvalue weighted by molar-refractivity contribution is 4.97. The number of nitrogens with one attached hydrogen (secondary N) is 1. The van der Waals surface area contributed by atoms with Crippen LogP contribution in [0.3, 0.4) is 0 Å². The van der Waals surface area contributed by atoms with Crippen molar-refractivity contribution in [1.29, 1.82) is 0 Å². The van der Waals surface area contributed by atoms with E-state index >= 15 is 0 Å². The van der Waals surface area contributed by atoms with Crippen LogP contribution in [-0.2, 0) is 4.74 Å². The van der Waals surface area contributed by atoms with Gasteiger partial charge in [-0.25, -0.2) is 0 Å². The Balaban J connectivity index is 2.62. The Bertz CT molecular complexity index is 262. The second-order valence-corrected chi connectivity index (χ2v) is 7.00. The molecule has 1 saturated heterocycles. The summed E-state index contributed by atoms with van der Waals surface area (Å²) < 4.78 is 5.78. The minimum absolute atomic E-state index is 0.327. The number of rotatable bonds is 8. The Morgan fingerprint density at radius 2 is 1.85 bits per heavy atom. The number of ether oxygens (including phenoxy) is 1. The minimum Gasteiger partial charge on any atom is -0.377 e. The lowest BCUT2D eigenvalue weighted by atomic mass is 9.86. The fourth-order valence-corrected chi connectivity index (χ4v) is 3.37. The Kier molecular flexibility index (Phi) is 7.49. The van der Waals surface area contributed by atoms with Gasteiger partial charge in [-0.3, -0.25) is 4.90 Å². The topological polar surface area (TPSA) is 24.5 Å². The summed E-state index contributed by atoms with van der Waals surface area (Å²) in [6.07, 6.45) is 4.03. The lowest BCUT2D eigenvalue weighted by Gasteiger charge is -2.50. The van der Waals surface area contributed by atoms with Gasteiger partial charge in [0.2, 0.25) is 0 Å². The van der Waals surface area contributed by atoms with Gasteiger partial charge in [0.1, 0.15) is 0 Å². The van der Waals surface area contributed by atoms with Crippen LogP contribution in [0.2, 0.25) is 0 Å². The van der Waals surface area contributed by atoms with Gasteiger partial charge in [0, 0.05) is 31.2 Å². The van der Waals surface area contributed by atoms with Crippen molar-refractivity contribution in [1.82, 2.24) is 10.2 Å². The van der Waals surface area contributed by atoms with Gasteiger partial charge in [0.15, 0.2) is 0 Å². The molecule has 0 aromatic rings. The summed E-state index contributed by atoms with van der Waals surface area (Å²) >= 11 is 0. The molecule has 1 aliphatic rings. The fourth-order valence-electron chi connectivity index (χ4n) is 3.37. The molecule has 0 radical (unpaired) electrons. The second kappa shape index (κ2) is 8.35. The van der Waals surface area contributed by atoms with E-state index in [1.807, 2.05) is 0 Å². The zero-order valence-corrected chi connectivity index (χ0v) is 14.5. The monoisotopic (exact) mass is 284 g/mol. The van der Waals surface area contributed by atoms with Crippen LogP contribution in [0.15, 0.2) is 0 Å². The summed E-state index contributed by atoms with van der Waals surface area (Å²) in [5, 5.41) is 3.79. The van der Waals surface area contributed by atoms with Crippen LogP contribution in [0.4, 0.5) is 0 Å². The molecular formula is C17H36N2O. The molecule has 120 valence electrons. The average Bonchev–Trinajstić information content (AvgIpc) is 2.38. The van der Waals surface area contributed by atoms with E-state index in [2.05, 4.69) is 51.8 Å². The molecule has 0 aromatic carbocycles. The molecule has 0 spiro atoms. The highest BCUT2D eigenvalue weighted by Gasteiger charge is 2.38. The molecule has 0 aliphatic carbocycles. The quantitative estimate of drug-likeness (QED) is 0.740. The molecule has 1 atom stereocenters. The van der Waals surface area contributed by atoms with E-state index in [1.54, 1.807) is 0 Å². The first-order valence-electron chi connectivity index (χ1n) is 8.53. The highest BCUT2D eigenvalue weighted by atomic mass is 16.5. The molecule has 0 aromatic heterocycles. The number of nitrogens with zero attached hydrogens (tertiary/aromatic N) is 1. The van der Waals surface area contributed by atoms with Gasteiger partial charge in [-0.05, 0) is 39.0 Å². The normalized spacial score (nSPS) is 23.7. The predicted octanol–water partition coefficient (Wildman–Crippen LogP) is 3.29. The van der Waals surface area contributed by atoms with Crippen LogP contribution in [-0.4, -0.2) is 48.8 Å². The lowest BCUT2D eigenvalue weighted by molar-refractivity contribution is -0.00970. The molecule has 0 bridgehead atoms. The summed E-state index contributed by atoms with van der Waals surface area (Å²) in [7, 11) is 0. The highest BCUT2D eigenvalue weighted by Crippen LogP contribution is 2.28. The van der Waals surface area contributed by atoms with Gasteiger partial charge in [-0.2, -0.15) is 0 Å². The SMILES string of the molecule is CCC1(CC)CNC(CC(C)C)CN1CCOC(C)C. The Morgan fingerprint density at radius 3 is 2.35 bits per heavy atom. The van der Waals surface area contributed by atoms with E-state index in [0.29, 0.717) is 17.7 Å². The standard InChI is InChI=1S/C17H36N2O/c1-7-17(8-2)13-18-16(11-14(3)4)12-19(17)9-10-20-15(5)6/h14-16,18H,7-13H2,1-6H3. The third-order valence-corrected chi connectivity index (χ3v) is 4.72. The maximum absolute atomic E-state index is 5.78. The van der Waals surface area contributed by atoms with Crippen molar-refractivity contribution in [3.05, 3.63) is 0 Å². The van der Waals surface area contributed by atoms with Gasteiger partial charge in [-0.1, -0.05) is 27.7 Å². The molecule has 20 heavy (non-hydrogen) atoms. The molecule has 3 nitrogen and oxygen atoms in total. The minimum atomic E-state index is 0.327. The zero-order chi connectivity index (χ0) is 15.2. The maximum atomic E-state index is 5.78. The molecule has 1 aliphatic heterocycles. The predicted molar refractivity (Wildman–Crippen MR) is 87.2 cm³/mol. The number of piperazine rings is 1. The van der Waals surface area contributed by atoms with Gasteiger partial charge in [0.25, 0.3) is 0 Å². The maximum Gasteiger partial charge on any atom is 0.0597 e. The van der Waals surface area contributed by atoms with Crippen LogP contribution >= 0.6 is 0 Å². The van der Waals surface area contributed by atoms with Gasteiger partial charge < -0.3 is 10.1 Å². The Morgan fingerprint density at radius 1 is 1.20 bits per heavy atom. The largest absolute Gasteiger partial charge is 0.377 e. The van der Waals surface area contributed by atoms with E-state index in [4.69, 9.17) is 4.74 Å². The van der Waals surface area contributed by atoms with Crippen LogP contribution in [0.25, 0.3) is 0 Å². The second-order valence-electron chi connectivity index (χ2n) is 7.00. The molecule has 1 heterocycles. The van der Waals surface area contributed by atoms with E-state index in [0.717, 1.165) is 25.6 Å². The molecule has 1 rings (SSSR count). The van der Waals surface area contributed by atoms with Crippen LogP contribution in [0.5, 0.6) is 0 Å².